The van der Waals surface area contributed by atoms with Crippen molar-refractivity contribution in [3.8, 4) is 0 Å². The van der Waals surface area contributed by atoms with E-state index in [9.17, 15) is 0 Å². The lowest BCUT2D eigenvalue weighted by Gasteiger charge is -2.39. The van der Waals surface area contributed by atoms with Crippen LogP contribution in [0.15, 0.2) is 34.7 Å². The van der Waals surface area contributed by atoms with Crippen LogP contribution in [0.25, 0.3) is 0 Å². The largest absolute Gasteiger partial charge is 0.486 e. The molecule has 4 rings (SSSR count). The first-order chi connectivity index (χ1) is 9.35. The summed E-state index contributed by atoms with van der Waals surface area (Å²) in [4.78, 5) is 5.09. The van der Waals surface area contributed by atoms with E-state index in [1.54, 1.807) is 0 Å². The molecule has 0 spiro atoms. The highest BCUT2D eigenvalue weighted by Gasteiger charge is 2.37. The zero-order valence-corrected chi connectivity index (χ0v) is 12.2. The molecule has 2 saturated heterocycles. The molecular formula is C15H20N2OS. The fraction of sp³-hybridized carbons (Fsp3) is 0.600. The number of fused-ring (bicyclic) bond motifs is 3. The minimum atomic E-state index is 0.623. The van der Waals surface area contributed by atoms with Gasteiger partial charge in [0.05, 0.1) is 0 Å². The van der Waals surface area contributed by atoms with Crippen molar-refractivity contribution in [2.75, 3.05) is 32.5 Å². The minimum absolute atomic E-state index is 0.623. The molecule has 4 heteroatoms. The zero-order chi connectivity index (χ0) is 12.8. The second-order valence-corrected chi connectivity index (χ2v) is 6.63. The van der Waals surface area contributed by atoms with Gasteiger partial charge in [0.25, 0.3) is 0 Å². The molecule has 19 heavy (non-hydrogen) atoms. The number of nitrogens with zero attached hydrogens (tertiary/aromatic N) is 2. The van der Waals surface area contributed by atoms with E-state index in [4.69, 9.17) is 4.74 Å². The first-order valence-corrected chi connectivity index (χ1v) is 8.38. The fourth-order valence-corrected chi connectivity index (χ4v) is 4.56. The Bertz CT molecular complexity index is 471. The van der Waals surface area contributed by atoms with Gasteiger partial charge < -0.3 is 14.5 Å². The molecule has 3 atom stereocenters. The Balaban J connectivity index is 1.62. The van der Waals surface area contributed by atoms with Gasteiger partial charge in [-0.3, -0.25) is 0 Å². The maximum atomic E-state index is 5.81. The molecule has 0 aliphatic carbocycles. The summed E-state index contributed by atoms with van der Waals surface area (Å²) >= 11 is 1.82. The van der Waals surface area contributed by atoms with Crippen LogP contribution in [-0.4, -0.2) is 48.3 Å². The number of hydrogen-bond donors (Lipinski definition) is 0. The molecule has 0 aromatic carbocycles. The lowest BCUT2D eigenvalue weighted by atomic mass is 9.95. The Hall–Kier alpha value is -0.870. The van der Waals surface area contributed by atoms with Crippen LogP contribution in [-0.2, 0) is 4.74 Å². The van der Waals surface area contributed by atoms with Gasteiger partial charge in [-0.05, 0) is 43.7 Å². The fourth-order valence-electron chi connectivity index (χ4n) is 3.78. The van der Waals surface area contributed by atoms with E-state index < -0.39 is 0 Å². The summed E-state index contributed by atoms with van der Waals surface area (Å²) in [7, 11) is 0. The molecule has 1 unspecified atom stereocenters. The third-order valence-corrected chi connectivity index (χ3v) is 5.45. The standard InChI is InChI=1S/C15H20N2OS/c1-19-15-14-12(4-7-18-14)3-6-17(15)13-8-11-2-5-16(9-11)10-13/h3-4,6,11,13H,2,5,7-10H2,1H3/t11-,13-/m1/s1. The Morgan fingerprint density at radius 2 is 2.32 bits per heavy atom. The molecule has 2 bridgehead atoms. The van der Waals surface area contributed by atoms with Gasteiger partial charge in [-0.1, -0.05) is 0 Å². The molecule has 0 saturated carbocycles. The summed E-state index contributed by atoms with van der Waals surface area (Å²) in [5.74, 6) is 2.00. The Morgan fingerprint density at radius 1 is 1.37 bits per heavy atom. The molecule has 3 nitrogen and oxygen atoms in total. The smallest absolute Gasteiger partial charge is 0.157 e. The first-order valence-electron chi connectivity index (χ1n) is 7.15. The number of ether oxygens (including phenoxy) is 1. The van der Waals surface area contributed by atoms with Crippen molar-refractivity contribution in [3.05, 3.63) is 34.7 Å². The average Bonchev–Trinajstić information content (AvgIpc) is 3.03. The van der Waals surface area contributed by atoms with Crippen LogP contribution < -0.4 is 0 Å². The predicted octanol–water partition coefficient (Wildman–Crippen LogP) is 2.40. The van der Waals surface area contributed by atoms with E-state index >= 15 is 0 Å². The molecule has 0 aromatic rings. The number of thioether (sulfide) groups is 1. The molecule has 4 aliphatic heterocycles. The molecule has 0 aromatic heterocycles. The van der Waals surface area contributed by atoms with Crippen LogP contribution in [0, 0.1) is 5.92 Å². The Labute approximate surface area is 119 Å². The monoisotopic (exact) mass is 276 g/mol. The lowest BCUT2D eigenvalue weighted by Crippen LogP contribution is -2.45. The van der Waals surface area contributed by atoms with E-state index in [1.165, 1.54) is 43.1 Å². The summed E-state index contributed by atoms with van der Waals surface area (Å²) in [6.07, 6.45) is 11.5. The topological polar surface area (TPSA) is 15.7 Å². The van der Waals surface area contributed by atoms with Crippen molar-refractivity contribution < 1.29 is 4.74 Å². The summed E-state index contributed by atoms with van der Waals surface area (Å²) in [6.45, 7) is 4.55. The second kappa shape index (κ2) is 4.60. The Morgan fingerprint density at radius 3 is 3.16 bits per heavy atom. The van der Waals surface area contributed by atoms with Gasteiger partial charge >= 0.3 is 0 Å². The summed E-state index contributed by atoms with van der Waals surface area (Å²) < 4.78 is 5.81. The summed E-state index contributed by atoms with van der Waals surface area (Å²) in [6, 6.07) is 0.623. The first kappa shape index (κ1) is 11.9. The van der Waals surface area contributed by atoms with Crippen molar-refractivity contribution in [1.29, 1.82) is 0 Å². The van der Waals surface area contributed by atoms with E-state index in [2.05, 4.69) is 34.4 Å². The predicted molar refractivity (Wildman–Crippen MR) is 78.5 cm³/mol. The van der Waals surface area contributed by atoms with Crippen LogP contribution in [0.1, 0.15) is 12.8 Å². The highest BCUT2D eigenvalue weighted by molar-refractivity contribution is 8.02. The van der Waals surface area contributed by atoms with Crippen LogP contribution in [0.2, 0.25) is 0 Å². The number of piperidine rings is 1. The lowest BCUT2D eigenvalue weighted by molar-refractivity contribution is 0.164. The second-order valence-electron chi connectivity index (χ2n) is 5.84. The maximum Gasteiger partial charge on any atom is 0.157 e. The molecule has 4 aliphatic rings. The van der Waals surface area contributed by atoms with Gasteiger partial charge in [-0.15, -0.1) is 11.8 Å². The van der Waals surface area contributed by atoms with E-state index in [0.29, 0.717) is 6.04 Å². The normalized spacial score (nSPS) is 36.4. The van der Waals surface area contributed by atoms with Crippen molar-refractivity contribution in [2.45, 2.75) is 18.9 Å². The molecule has 0 radical (unpaired) electrons. The van der Waals surface area contributed by atoms with Crippen molar-refractivity contribution in [1.82, 2.24) is 9.80 Å². The van der Waals surface area contributed by atoms with Crippen LogP contribution in [0.4, 0.5) is 0 Å². The van der Waals surface area contributed by atoms with Gasteiger partial charge in [0, 0.05) is 30.9 Å². The molecule has 4 heterocycles. The SMILES string of the molecule is CSC1=C2OCC=C2C=CN1[C@@H]1C[C@H]2CCN(C2)C1. The quantitative estimate of drug-likeness (QED) is 0.769. The van der Waals surface area contributed by atoms with Crippen LogP contribution in [0.3, 0.4) is 0 Å². The van der Waals surface area contributed by atoms with Gasteiger partial charge in [0.2, 0.25) is 0 Å². The van der Waals surface area contributed by atoms with E-state index in [-0.39, 0.29) is 0 Å². The maximum absolute atomic E-state index is 5.81. The van der Waals surface area contributed by atoms with Crippen LogP contribution >= 0.6 is 11.8 Å². The molecule has 0 N–H and O–H groups in total. The van der Waals surface area contributed by atoms with Gasteiger partial charge in [0.1, 0.15) is 11.6 Å². The zero-order valence-electron chi connectivity index (χ0n) is 11.3. The third kappa shape index (κ3) is 1.93. The van der Waals surface area contributed by atoms with Crippen molar-refractivity contribution in [3.63, 3.8) is 0 Å². The summed E-state index contributed by atoms with van der Waals surface area (Å²) in [5.41, 5.74) is 1.26. The van der Waals surface area contributed by atoms with Gasteiger partial charge in [-0.25, -0.2) is 0 Å². The molecule has 0 amide bonds. The van der Waals surface area contributed by atoms with Crippen LogP contribution in [0.5, 0.6) is 0 Å². The van der Waals surface area contributed by atoms with E-state index in [0.717, 1.165) is 18.3 Å². The minimum Gasteiger partial charge on any atom is -0.486 e. The highest BCUT2D eigenvalue weighted by atomic mass is 32.2. The number of rotatable bonds is 2. The highest BCUT2D eigenvalue weighted by Crippen LogP contribution is 2.39. The Kier molecular flexibility index (Phi) is 2.88. The number of hydrogen-bond acceptors (Lipinski definition) is 4. The van der Waals surface area contributed by atoms with Gasteiger partial charge in [0.15, 0.2) is 5.76 Å². The average molecular weight is 276 g/mol. The van der Waals surface area contributed by atoms with E-state index in [1.807, 2.05) is 11.8 Å². The van der Waals surface area contributed by atoms with Crippen molar-refractivity contribution >= 4 is 11.8 Å². The van der Waals surface area contributed by atoms with Crippen molar-refractivity contribution in [2.24, 2.45) is 5.92 Å². The molecule has 2 fully saturated rings. The molecular weight excluding hydrogens is 256 g/mol. The summed E-state index contributed by atoms with van der Waals surface area (Å²) in [5, 5.41) is 1.30. The third-order valence-electron chi connectivity index (χ3n) is 4.67. The molecule has 102 valence electrons. The number of allylic oxidation sites excluding steroid dienone is 1. The van der Waals surface area contributed by atoms with Gasteiger partial charge in [-0.2, -0.15) is 0 Å².